The summed E-state index contributed by atoms with van der Waals surface area (Å²) in [6.45, 7) is 3.71. The zero-order valence-electron chi connectivity index (χ0n) is 12.7. The molecule has 0 saturated carbocycles. The molecule has 2 aromatic heterocycles. The first-order valence-electron chi connectivity index (χ1n) is 7.19. The van der Waals surface area contributed by atoms with Gasteiger partial charge >= 0.3 is 0 Å². The summed E-state index contributed by atoms with van der Waals surface area (Å²) in [4.78, 5) is 16.2. The van der Waals surface area contributed by atoms with Gasteiger partial charge in [0, 0.05) is 29.6 Å². The van der Waals surface area contributed by atoms with Crippen LogP contribution in [-0.2, 0) is 4.79 Å². The molecule has 3 rings (SSSR count). The molecule has 0 spiro atoms. The van der Waals surface area contributed by atoms with Crippen LogP contribution in [0, 0.1) is 5.92 Å². The van der Waals surface area contributed by atoms with Crippen LogP contribution in [0.1, 0.15) is 13.8 Å². The SMILES string of the molecule is CC(C)C(=O)Nc1ccc(-c2cn3cc(Cl)cc(Cl)c3n2)cc1. The normalized spacial score (nSPS) is 11.2. The van der Waals surface area contributed by atoms with E-state index in [0.717, 1.165) is 16.9 Å². The highest BCUT2D eigenvalue weighted by molar-refractivity contribution is 6.36. The monoisotopic (exact) mass is 347 g/mol. The number of nitrogens with one attached hydrogen (secondary N) is 1. The lowest BCUT2D eigenvalue weighted by atomic mass is 10.1. The van der Waals surface area contributed by atoms with E-state index < -0.39 is 0 Å². The molecule has 0 aliphatic carbocycles. The predicted octanol–water partition coefficient (Wildman–Crippen LogP) is 4.90. The van der Waals surface area contributed by atoms with Crippen molar-refractivity contribution in [3.8, 4) is 11.3 Å². The maximum Gasteiger partial charge on any atom is 0.226 e. The minimum Gasteiger partial charge on any atom is -0.326 e. The second kappa shape index (κ2) is 6.22. The zero-order valence-corrected chi connectivity index (χ0v) is 14.2. The van der Waals surface area contributed by atoms with Gasteiger partial charge in [0.1, 0.15) is 0 Å². The number of carbonyl (C=O) groups is 1. The van der Waals surface area contributed by atoms with E-state index in [9.17, 15) is 4.79 Å². The number of rotatable bonds is 3. The molecule has 0 aliphatic rings. The van der Waals surface area contributed by atoms with Crippen LogP contribution in [0.15, 0.2) is 42.7 Å². The van der Waals surface area contributed by atoms with Gasteiger partial charge < -0.3 is 9.72 Å². The fourth-order valence-electron chi connectivity index (χ4n) is 2.17. The van der Waals surface area contributed by atoms with Crippen LogP contribution in [0.2, 0.25) is 10.0 Å². The first-order valence-corrected chi connectivity index (χ1v) is 7.94. The predicted molar refractivity (Wildman–Crippen MR) is 94.1 cm³/mol. The highest BCUT2D eigenvalue weighted by Gasteiger charge is 2.10. The largest absolute Gasteiger partial charge is 0.326 e. The minimum absolute atomic E-state index is 0.00750. The van der Waals surface area contributed by atoms with E-state index in [-0.39, 0.29) is 11.8 Å². The number of hydrogen-bond donors (Lipinski definition) is 1. The Labute approximate surface area is 144 Å². The lowest BCUT2D eigenvalue weighted by molar-refractivity contribution is -0.118. The summed E-state index contributed by atoms with van der Waals surface area (Å²) in [6.07, 6.45) is 3.63. The Bertz CT molecular complexity index is 869. The van der Waals surface area contributed by atoms with Crippen molar-refractivity contribution in [3.05, 3.63) is 52.8 Å². The molecule has 4 nitrogen and oxygen atoms in total. The topological polar surface area (TPSA) is 46.4 Å². The third kappa shape index (κ3) is 3.33. The minimum atomic E-state index is -0.0555. The molecule has 2 heterocycles. The van der Waals surface area contributed by atoms with Crippen molar-refractivity contribution in [2.24, 2.45) is 5.92 Å². The molecule has 0 unspecified atom stereocenters. The summed E-state index contributed by atoms with van der Waals surface area (Å²) in [7, 11) is 0. The average molecular weight is 348 g/mol. The van der Waals surface area contributed by atoms with Crippen LogP contribution in [0.3, 0.4) is 0 Å². The zero-order chi connectivity index (χ0) is 16.6. The van der Waals surface area contributed by atoms with Crippen molar-refractivity contribution in [2.75, 3.05) is 5.32 Å². The highest BCUT2D eigenvalue weighted by atomic mass is 35.5. The van der Waals surface area contributed by atoms with Crippen LogP contribution in [0.25, 0.3) is 16.9 Å². The van der Waals surface area contributed by atoms with Crippen molar-refractivity contribution < 1.29 is 4.79 Å². The number of aromatic nitrogens is 2. The number of benzene rings is 1. The van der Waals surface area contributed by atoms with E-state index in [2.05, 4.69) is 10.3 Å². The van der Waals surface area contributed by atoms with Crippen molar-refractivity contribution in [1.29, 1.82) is 0 Å². The molecule has 0 aliphatic heterocycles. The Hall–Kier alpha value is -2.04. The van der Waals surface area contributed by atoms with Crippen molar-refractivity contribution in [2.45, 2.75) is 13.8 Å². The lowest BCUT2D eigenvalue weighted by Crippen LogP contribution is -2.17. The van der Waals surface area contributed by atoms with E-state index in [1.54, 1.807) is 16.7 Å². The van der Waals surface area contributed by atoms with Crippen LogP contribution in [0.5, 0.6) is 0 Å². The summed E-state index contributed by atoms with van der Waals surface area (Å²) < 4.78 is 1.80. The van der Waals surface area contributed by atoms with Crippen LogP contribution in [-0.4, -0.2) is 15.3 Å². The third-order valence-corrected chi connectivity index (χ3v) is 3.93. The average Bonchev–Trinajstić information content (AvgIpc) is 2.92. The van der Waals surface area contributed by atoms with Crippen molar-refractivity contribution in [1.82, 2.24) is 9.38 Å². The van der Waals surface area contributed by atoms with E-state index in [1.165, 1.54) is 0 Å². The van der Waals surface area contributed by atoms with Gasteiger partial charge in [-0.25, -0.2) is 4.98 Å². The van der Waals surface area contributed by atoms with Gasteiger partial charge in [-0.3, -0.25) is 4.79 Å². The molecule has 0 fully saturated rings. The van der Waals surface area contributed by atoms with E-state index in [1.807, 2.05) is 44.3 Å². The maximum absolute atomic E-state index is 11.7. The lowest BCUT2D eigenvalue weighted by Gasteiger charge is -2.07. The number of anilines is 1. The molecule has 23 heavy (non-hydrogen) atoms. The van der Waals surface area contributed by atoms with Gasteiger partial charge in [0.15, 0.2) is 5.65 Å². The molecular weight excluding hydrogens is 333 g/mol. The number of pyridine rings is 1. The number of fused-ring (bicyclic) bond motifs is 1. The van der Waals surface area contributed by atoms with Crippen molar-refractivity contribution in [3.63, 3.8) is 0 Å². The summed E-state index contributed by atoms with van der Waals surface area (Å²) in [5.41, 5.74) is 3.14. The summed E-state index contributed by atoms with van der Waals surface area (Å²) in [5.74, 6) is -0.0630. The van der Waals surface area contributed by atoms with E-state index in [0.29, 0.717) is 15.7 Å². The number of hydrogen-bond acceptors (Lipinski definition) is 2. The smallest absolute Gasteiger partial charge is 0.226 e. The Balaban J connectivity index is 1.90. The molecule has 1 aromatic carbocycles. The first kappa shape index (κ1) is 15.8. The number of imidazole rings is 1. The molecule has 118 valence electrons. The number of amides is 1. The number of nitrogens with zero attached hydrogens (tertiary/aromatic N) is 2. The standard InChI is InChI=1S/C17H15Cl2N3O/c1-10(2)17(23)20-13-5-3-11(4-6-13)15-9-22-8-12(18)7-14(19)16(22)21-15/h3-10H,1-2H3,(H,20,23). The first-order chi connectivity index (χ1) is 10.9. The highest BCUT2D eigenvalue weighted by Crippen LogP contribution is 2.26. The Morgan fingerprint density at radius 3 is 2.52 bits per heavy atom. The van der Waals surface area contributed by atoms with Gasteiger partial charge in [-0.05, 0) is 18.2 Å². The van der Waals surface area contributed by atoms with Gasteiger partial charge in [-0.15, -0.1) is 0 Å². The molecule has 1 amide bonds. The Morgan fingerprint density at radius 1 is 1.17 bits per heavy atom. The number of halogens is 2. The van der Waals surface area contributed by atoms with Gasteiger partial charge in [0.05, 0.1) is 15.7 Å². The molecule has 3 aromatic rings. The number of carbonyl (C=O) groups excluding carboxylic acids is 1. The van der Waals surface area contributed by atoms with Crippen LogP contribution < -0.4 is 5.32 Å². The Morgan fingerprint density at radius 2 is 1.87 bits per heavy atom. The second-order valence-corrected chi connectivity index (χ2v) is 6.43. The molecule has 0 atom stereocenters. The molecule has 0 radical (unpaired) electrons. The molecule has 0 bridgehead atoms. The fourth-order valence-corrected chi connectivity index (χ4v) is 2.70. The van der Waals surface area contributed by atoms with E-state index in [4.69, 9.17) is 23.2 Å². The van der Waals surface area contributed by atoms with Gasteiger partial charge in [-0.2, -0.15) is 0 Å². The second-order valence-electron chi connectivity index (χ2n) is 5.58. The molecule has 0 saturated heterocycles. The third-order valence-electron chi connectivity index (χ3n) is 3.45. The quantitative estimate of drug-likeness (QED) is 0.732. The Kier molecular flexibility index (Phi) is 4.28. The van der Waals surface area contributed by atoms with Crippen LogP contribution in [0.4, 0.5) is 5.69 Å². The van der Waals surface area contributed by atoms with E-state index >= 15 is 0 Å². The molecular formula is C17H15Cl2N3O. The van der Waals surface area contributed by atoms with Crippen LogP contribution >= 0.6 is 23.2 Å². The van der Waals surface area contributed by atoms with Gasteiger partial charge in [0.2, 0.25) is 5.91 Å². The molecule has 6 heteroatoms. The van der Waals surface area contributed by atoms with Gasteiger partial charge in [0.25, 0.3) is 0 Å². The van der Waals surface area contributed by atoms with Crippen molar-refractivity contribution >= 4 is 40.4 Å². The summed E-state index contributed by atoms with van der Waals surface area (Å²) >= 11 is 12.2. The molecule has 1 N–H and O–H groups in total. The fraction of sp³-hybridized carbons (Fsp3) is 0.176. The van der Waals surface area contributed by atoms with Gasteiger partial charge in [-0.1, -0.05) is 49.2 Å². The maximum atomic E-state index is 11.7. The summed E-state index contributed by atoms with van der Waals surface area (Å²) in [6, 6.07) is 9.20. The summed E-state index contributed by atoms with van der Waals surface area (Å²) in [5, 5.41) is 3.92.